The second-order valence-corrected chi connectivity index (χ2v) is 7.23. The molecule has 6 heteroatoms. The number of amides is 3. The Hall–Kier alpha value is -1.95. The zero-order valence-electron chi connectivity index (χ0n) is 12.2. The van der Waals surface area contributed by atoms with Gasteiger partial charge in [-0.25, -0.2) is 0 Å². The maximum Gasteiger partial charge on any atom is 0.244 e. The van der Waals surface area contributed by atoms with E-state index in [1.54, 1.807) is 12.1 Å². The van der Waals surface area contributed by atoms with Gasteiger partial charge in [0.1, 0.15) is 6.54 Å². The fourth-order valence-electron chi connectivity index (χ4n) is 4.00. The summed E-state index contributed by atoms with van der Waals surface area (Å²) < 4.78 is 0.913. The summed E-state index contributed by atoms with van der Waals surface area (Å²) in [4.78, 5) is 38.3. The first-order valence-electron chi connectivity index (χ1n) is 7.63. The van der Waals surface area contributed by atoms with E-state index in [0.29, 0.717) is 5.69 Å². The fraction of sp³-hybridized carbons (Fsp3) is 0.353. The van der Waals surface area contributed by atoms with Crippen LogP contribution >= 0.6 is 15.9 Å². The van der Waals surface area contributed by atoms with Gasteiger partial charge < -0.3 is 5.32 Å². The number of carbonyl (C=O) groups excluding carboxylic acids is 3. The summed E-state index contributed by atoms with van der Waals surface area (Å²) in [6.45, 7) is -0.208. The van der Waals surface area contributed by atoms with E-state index in [1.165, 1.54) is 0 Å². The lowest BCUT2D eigenvalue weighted by atomic mass is 9.85. The van der Waals surface area contributed by atoms with Crippen molar-refractivity contribution in [3.63, 3.8) is 0 Å². The van der Waals surface area contributed by atoms with Gasteiger partial charge in [-0.15, -0.1) is 0 Å². The molecule has 23 heavy (non-hydrogen) atoms. The van der Waals surface area contributed by atoms with E-state index in [2.05, 4.69) is 21.2 Å². The average molecular weight is 375 g/mol. The van der Waals surface area contributed by atoms with E-state index in [1.807, 2.05) is 24.3 Å². The van der Waals surface area contributed by atoms with Crippen molar-refractivity contribution < 1.29 is 14.4 Å². The smallest absolute Gasteiger partial charge is 0.244 e. The third kappa shape index (κ3) is 2.32. The van der Waals surface area contributed by atoms with Crippen molar-refractivity contribution >= 4 is 39.3 Å². The van der Waals surface area contributed by atoms with Crippen molar-refractivity contribution in [1.82, 2.24) is 4.90 Å². The number of allylic oxidation sites excluding steroid dienone is 2. The summed E-state index contributed by atoms with van der Waals surface area (Å²) in [6.07, 6.45) is 4.98. The summed E-state index contributed by atoms with van der Waals surface area (Å²) >= 11 is 3.33. The molecular formula is C17H15BrN2O3. The van der Waals surface area contributed by atoms with Crippen LogP contribution in [0.4, 0.5) is 5.69 Å². The molecule has 1 N–H and O–H groups in total. The van der Waals surface area contributed by atoms with E-state index in [-0.39, 0.29) is 47.9 Å². The number of fused-ring (bicyclic) bond motifs is 5. The zero-order chi connectivity index (χ0) is 16.1. The van der Waals surface area contributed by atoms with Gasteiger partial charge in [-0.2, -0.15) is 0 Å². The molecule has 4 atom stereocenters. The predicted octanol–water partition coefficient (Wildman–Crippen LogP) is 2.19. The van der Waals surface area contributed by atoms with Crippen molar-refractivity contribution in [3.8, 4) is 0 Å². The average Bonchev–Trinajstić information content (AvgIpc) is 3.19. The van der Waals surface area contributed by atoms with E-state index in [0.717, 1.165) is 15.8 Å². The highest BCUT2D eigenvalue weighted by atomic mass is 79.9. The van der Waals surface area contributed by atoms with Crippen molar-refractivity contribution in [1.29, 1.82) is 0 Å². The lowest BCUT2D eigenvalue weighted by molar-refractivity contribution is -0.143. The molecule has 1 heterocycles. The standard InChI is InChI=1S/C17H15BrN2O3/c18-11-3-5-12(6-4-11)19-13(21)8-20-16(22)14-9-1-2-10(7-9)15(14)17(20)23/h1-6,9-10,14-15H,7-8H2,(H,19,21). The Morgan fingerprint density at radius 3 is 2.22 bits per heavy atom. The lowest BCUT2D eigenvalue weighted by Crippen LogP contribution is -2.39. The molecule has 3 aliphatic rings. The summed E-state index contributed by atoms with van der Waals surface area (Å²) in [6, 6.07) is 7.15. The highest BCUT2D eigenvalue weighted by Gasteiger charge is 2.59. The molecular weight excluding hydrogens is 360 g/mol. The number of imide groups is 1. The second-order valence-electron chi connectivity index (χ2n) is 6.32. The molecule has 5 nitrogen and oxygen atoms in total. The molecule has 1 aromatic carbocycles. The van der Waals surface area contributed by atoms with Crippen LogP contribution in [0.2, 0.25) is 0 Å². The first kappa shape index (κ1) is 14.6. The number of nitrogens with zero attached hydrogens (tertiary/aromatic N) is 1. The van der Waals surface area contributed by atoms with Crippen LogP contribution in [0.5, 0.6) is 0 Å². The van der Waals surface area contributed by atoms with Crippen LogP contribution in [0.25, 0.3) is 0 Å². The van der Waals surface area contributed by atoms with E-state index in [9.17, 15) is 14.4 Å². The van der Waals surface area contributed by atoms with E-state index < -0.39 is 0 Å². The Morgan fingerprint density at radius 2 is 1.65 bits per heavy atom. The third-order valence-corrected chi connectivity index (χ3v) is 5.52. The fourth-order valence-corrected chi connectivity index (χ4v) is 4.26. The van der Waals surface area contributed by atoms with Gasteiger partial charge in [-0.3, -0.25) is 19.3 Å². The Morgan fingerprint density at radius 1 is 1.09 bits per heavy atom. The van der Waals surface area contributed by atoms with Crippen LogP contribution in [0.3, 0.4) is 0 Å². The first-order valence-corrected chi connectivity index (χ1v) is 8.43. The number of nitrogens with one attached hydrogen (secondary N) is 1. The Balaban J connectivity index is 1.45. The van der Waals surface area contributed by atoms with Crippen LogP contribution < -0.4 is 5.32 Å². The largest absolute Gasteiger partial charge is 0.325 e. The number of carbonyl (C=O) groups is 3. The van der Waals surface area contributed by atoms with Gasteiger partial charge in [0.15, 0.2) is 0 Å². The van der Waals surface area contributed by atoms with Crippen LogP contribution in [-0.4, -0.2) is 29.2 Å². The van der Waals surface area contributed by atoms with Gasteiger partial charge in [-0.1, -0.05) is 28.1 Å². The van der Waals surface area contributed by atoms with Crippen molar-refractivity contribution in [2.75, 3.05) is 11.9 Å². The third-order valence-electron chi connectivity index (χ3n) is 4.99. The number of hydrogen-bond donors (Lipinski definition) is 1. The molecule has 4 unspecified atom stereocenters. The van der Waals surface area contributed by atoms with Crippen LogP contribution in [0, 0.1) is 23.7 Å². The monoisotopic (exact) mass is 374 g/mol. The molecule has 3 amide bonds. The Labute approximate surface area is 141 Å². The summed E-state index contributed by atoms with van der Waals surface area (Å²) in [7, 11) is 0. The molecule has 2 bridgehead atoms. The van der Waals surface area contributed by atoms with E-state index in [4.69, 9.17) is 0 Å². The first-order chi connectivity index (χ1) is 11.0. The number of rotatable bonds is 3. The van der Waals surface area contributed by atoms with Gasteiger partial charge in [0.05, 0.1) is 11.8 Å². The van der Waals surface area contributed by atoms with Crippen LogP contribution in [0.1, 0.15) is 6.42 Å². The molecule has 0 aromatic heterocycles. The Bertz CT molecular complexity index is 698. The molecule has 2 fully saturated rings. The van der Waals surface area contributed by atoms with Crippen molar-refractivity contribution in [2.24, 2.45) is 23.7 Å². The minimum absolute atomic E-state index is 0.168. The van der Waals surface area contributed by atoms with Crippen molar-refractivity contribution in [2.45, 2.75) is 6.42 Å². The van der Waals surface area contributed by atoms with Crippen LogP contribution in [0.15, 0.2) is 40.9 Å². The maximum atomic E-state index is 12.5. The topological polar surface area (TPSA) is 66.5 Å². The number of benzene rings is 1. The number of halogens is 1. The molecule has 1 saturated carbocycles. The lowest BCUT2D eigenvalue weighted by Gasteiger charge is -2.16. The summed E-state index contributed by atoms with van der Waals surface area (Å²) in [5, 5.41) is 2.72. The molecule has 4 rings (SSSR count). The van der Waals surface area contributed by atoms with Gasteiger partial charge in [0.25, 0.3) is 0 Å². The minimum Gasteiger partial charge on any atom is -0.325 e. The quantitative estimate of drug-likeness (QED) is 0.651. The molecule has 0 spiro atoms. The normalized spacial score (nSPS) is 30.9. The second kappa shape index (κ2) is 5.30. The molecule has 1 aromatic rings. The predicted molar refractivity (Wildman–Crippen MR) is 87.2 cm³/mol. The molecule has 2 aliphatic carbocycles. The number of likely N-dealkylation sites (tertiary alicyclic amines) is 1. The van der Waals surface area contributed by atoms with E-state index >= 15 is 0 Å². The van der Waals surface area contributed by atoms with Crippen LogP contribution in [-0.2, 0) is 14.4 Å². The SMILES string of the molecule is O=C(CN1C(=O)C2C3C=CC(C3)C2C1=O)Nc1ccc(Br)cc1. The summed E-state index contributed by atoms with van der Waals surface area (Å²) in [5.41, 5.74) is 0.638. The Kier molecular flexibility index (Phi) is 3.37. The van der Waals surface area contributed by atoms with Crippen molar-refractivity contribution in [3.05, 3.63) is 40.9 Å². The van der Waals surface area contributed by atoms with Gasteiger partial charge in [-0.05, 0) is 42.5 Å². The highest BCUT2D eigenvalue weighted by molar-refractivity contribution is 9.10. The highest BCUT2D eigenvalue weighted by Crippen LogP contribution is 2.52. The van der Waals surface area contributed by atoms with Gasteiger partial charge in [0, 0.05) is 10.2 Å². The summed E-state index contributed by atoms with van der Waals surface area (Å²) in [5.74, 6) is -0.905. The van der Waals surface area contributed by atoms with Gasteiger partial charge in [0.2, 0.25) is 17.7 Å². The molecule has 118 valence electrons. The molecule has 1 saturated heterocycles. The van der Waals surface area contributed by atoms with Gasteiger partial charge >= 0.3 is 0 Å². The maximum absolute atomic E-state index is 12.5. The number of anilines is 1. The molecule has 1 aliphatic heterocycles. The minimum atomic E-state index is -0.352. The molecule has 0 radical (unpaired) electrons. The zero-order valence-corrected chi connectivity index (χ0v) is 13.8. The number of hydrogen-bond acceptors (Lipinski definition) is 3.